The predicted molar refractivity (Wildman–Crippen MR) is 86.2 cm³/mol. The molecule has 3 rings (SSSR count). The van der Waals surface area contributed by atoms with Gasteiger partial charge in [-0.15, -0.1) is 0 Å². The van der Waals surface area contributed by atoms with Crippen LogP contribution in [0, 0.1) is 0 Å². The summed E-state index contributed by atoms with van der Waals surface area (Å²) in [5.74, 6) is 1.43. The number of anilines is 2. The lowest BCUT2D eigenvalue weighted by Gasteiger charge is -2.11. The van der Waals surface area contributed by atoms with Gasteiger partial charge in [-0.1, -0.05) is 19.9 Å². The minimum Gasteiger partial charge on any atom is -0.454 e. The van der Waals surface area contributed by atoms with Gasteiger partial charge in [0.1, 0.15) is 17.3 Å². The number of fused-ring (bicyclic) bond motifs is 1. The molecule has 2 heterocycles. The molecule has 3 aromatic rings. The first-order chi connectivity index (χ1) is 10.3. The molecule has 1 aromatic carbocycles. The SMILES string of the molecule is CC.Nc1nccc(Oc2cccc3ncccc23)c1N. The molecule has 2 aromatic heterocycles. The van der Waals surface area contributed by atoms with Gasteiger partial charge in [0.05, 0.1) is 5.52 Å². The molecule has 0 spiro atoms. The summed E-state index contributed by atoms with van der Waals surface area (Å²) < 4.78 is 5.82. The van der Waals surface area contributed by atoms with E-state index >= 15 is 0 Å². The number of pyridine rings is 2. The third-order valence-electron chi connectivity index (χ3n) is 2.81. The van der Waals surface area contributed by atoms with Crippen LogP contribution in [0.1, 0.15) is 13.8 Å². The molecule has 0 unspecified atom stereocenters. The van der Waals surface area contributed by atoms with Crippen molar-refractivity contribution in [1.82, 2.24) is 9.97 Å². The Labute approximate surface area is 123 Å². The Morgan fingerprint density at radius 1 is 0.857 bits per heavy atom. The Morgan fingerprint density at radius 3 is 2.48 bits per heavy atom. The van der Waals surface area contributed by atoms with Gasteiger partial charge in [0.2, 0.25) is 0 Å². The zero-order chi connectivity index (χ0) is 15.2. The zero-order valence-electron chi connectivity index (χ0n) is 12.1. The highest BCUT2D eigenvalue weighted by atomic mass is 16.5. The number of hydrogen-bond acceptors (Lipinski definition) is 5. The van der Waals surface area contributed by atoms with Crippen LogP contribution >= 0.6 is 0 Å². The van der Waals surface area contributed by atoms with E-state index in [0.717, 1.165) is 10.9 Å². The molecule has 4 N–H and O–H groups in total. The van der Waals surface area contributed by atoms with Crippen molar-refractivity contribution in [2.24, 2.45) is 0 Å². The highest BCUT2D eigenvalue weighted by Crippen LogP contribution is 2.33. The molecular weight excluding hydrogens is 264 g/mol. The van der Waals surface area contributed by atoms with Gasteiger partial charge in [-0.3, -0.25) is 4.98 Å². The van der Waals surface area contributed by atoms with Gasteiger partial charge in [-0.05, 0) is 24.3 Å². The largest absolute Gasteiger partial charge is 0.454 e. The van der Waals surface area contributed by atoms with E-state index in [9.17, 15) is 0 Å². The fourth-order valence-corrected chi connectivity index (χ4v) is 1.84. The first-order valence-electron chi connectivity index (χ1n) is 6.77. The maximum atomic E-state index is 5.85. The van der Waals surface area contributed by atoms with Crippen LogP contribution in [-0.4, -0.2) is 9.97 Å². The van der Waals surface area contributed by atoms with Crippen LogP contribution in [0.5, 0.6) is 11.5 Å². The summed E-state index contributed by atoms with van der Waals surface area (Å²) in [4.78, 5) is 8.18. The number of benzene rings is 1. The summed E-state index contributed by atoms with van der Waals surface area (Å²) in [6, 6.07) is 11.1. The molecule has 5 nitrogen and oxygen atoms in total. The lowest BCUT2D eigenvalue weighted by molar-refractivity contribution is 0.490. The third-order valence-corrected chi connectivity index (χ3v) is 2.81. The van der Waals surface area contributed by atoms with Crippen LogP contribution in [0.3, 0.4) is 0 Å². The van der Waals surface area contributed by atoms with E-state index in [1.165, 1.54) is 0 Å². The second kappa shape index (κ2) is 6.56. The molecule has 0 amide bonds. The summed E-state index contributed by atoms with van der Waals surface area (Å²) in [6.45, 7) is 4.00. The van der Waals surface area contributed by atoms with E-state index in [-0.39, 0.29) is 5.82 Å². The fraction of sp³-hybridized carbons (Fsp3) is 0.125. The monoisotopic (exact) mass is 282 g/mol. The zero-order valence-corrected chi connectivity index (χ0v) is 12.1. The van der Waals surface area contributed by atoms with Crippen LogP contribution in [0.4, 0.5) is 11.5 Å². The second-order valence-corrected chi connectivity index (χ2v) is 4.04. The van der Waals surface area contributed by atoms with Crippen molar-refractivity contribution in [3.8, 4) is 11.5 Å². The van der Waals surface area contributed by atoms with Gasteiger partial charge < -0.3 is 16.2 Å². The van der Waals surface area contributed by atoms with Gasteiger partial charge in [0.15, 0.2) is 5.75 Å². The second-order valence-electron chi connectivity index (χ2n) is 4.04. The molecule has 0 bridgehead atoms. The quantitative estimate of drug-likeness (QED) is 0.749. The molecule has 0 atom stereocenters. The van der Waals surface area contributed by atoms with Crippen molar-refractivity contribution in [2.75, 3.05) is 11.5 Å². The fourth-order valence-electron chi connectivity index (χ4n) is 1.84. The van der Waals surface area contributed by atoms with E-state index in [4.69, 9.17) is 16.2 Å². The molecular formula is C16H18N4O. The van der Waals surface area contributed by atoms with Crippen molar-refractivity contribution in [1.29, 1.82) is 0 Å². The minimum atomic E-state index is 0.260. The highest BCUT2D eigenvalue weighted by Gasteiger charge is 2.08. The molecule has 108 valence electrons. The maximum Gasteiger partial charge on any atom is 0.155 e. The molecule has 0 radical (unpaired) electrons. The van der Waals surface area contributed by atoms with E-state index in [0.29, 0.717) is 17.2 Å². The smallest absolute Gasteiger partial charge is 0.155 e. The van der Waals surface area contributed by atoms with Crippen molar-refractivity contribution in [3.63, 3.8) is 0 Å². The Hall–Kier alpha value is -2.82. The predicted octanol–water partition coefficient (Wildman–Crippen LogP) is 3.61. The van der Waals surface area contributed by atoms with Crippen molar-refractivity contribution >= 4 is 22.4 Å². The standard InChI is InChI=1S/C14H12N4O.C2H6/c15-13-12(6-8-18-14(13)16)19-11-5-1-4-10-9(11)3-2-7-17-10;1-2/h1-8H,15H2,(H2,16,18);1-2H3. The number of nitrogen functional groups attached to an aromatic ring is 2. The summed E-state index contributed by atoms with van der Waals surface area (Å²) in [6.07, 6.45) is 3.30. The van der Waals surface area contributed by atoms with Gasteiger partial charge in [0, 0.05) is 23.8 Å². The minimum absolute atomic E-state index is 0.260. The number of nitrogens with zero attached hydrogens (tertiary/aromatic N) is 2. The number of rotatable bonds is 2. The van der Waals surface area contributed by atoms with Crippen LogP contribution < -0.4 is 16.2 Å². The number of ether oxygens (including phenoxy) is 1. The van der Waals surface area contributed by atoms with E-state index in [2.05, 4.69) is 9.97 Å². The molecule has 0 fully saturated rings. The first kappa shape index (κ1) is 14.6. The van der Waals surface area contributed by atoms with Crippen LogP contribution in [0.15, 0.2) is 48.8 Å². The van der Waals surface area contributed by atoms with E-state index < -0.39 is 0 Å². The van der Waals surface area contributed by atoms with Crippen molar-refractivity contribution in [2.45, 2.75) is 13.8 Å². The third kappa shape index (κ3) is 3.02. The molecule has 0 aliphatic carbocycles. The average Bonchev–Trinajstić information content (AvgIpc) is 2.54. The lowest BCUT2D eigenvalue weighted by atomic mass is 10.2. The summed E-state index contributed by atoms with van der Waals surface area (Å²) in [5.41, 5.74) is 12.7. The Balaban J connectivity index is 0.000000774. The number of hydrogen-bond donors (Lipinski definition) is 2. The van der Waals surface area contributed by atoms with Gasteiger partial charge in [-0.2, -0.15) is 0 Å². The van der Waals surface area contributed by atoms with Crippen molar-refractivity contribution < 1.29 is 4.74 Å². The van der Waals surface area contributed by atoms with Gasteiger partial charge in [-0.25, -0.2) is 4.98 Å². The van der Waals surface area contributed by atoms with Crippen LogP contribution in [0.25, 0.3) is 10.9 Å². The Kier molecular flexibility index (Phi) is 4.56. The Bertz CT molecular complexity index is 738. The topological polar surface area (TPSA) is 87.0 Å². The summed E-state index contributed by atoms with van der Waals surface area (Å²) in [5, 5.41) is 0.916. The molecule has 0 aliphatic heterocycles. The van der Waals surface area contributed by atoms with Gasteiger partial charge >= 0.3 is 0 Å². The normalized spacial score (nSPS) is 9.81. The summed E-state index contributed by atoms with van der Waals surface area (Å²) >= 11 is 0. The van der Waals surface area contributed by atoms with Crippen LogP contribution in [-0.2, 0) is 0 Å². The van der Waals surface area contributed by atoms with Crippen molar-refractivity contribution in [3.05, 3.63) is 48.8 Å². The summed E-state index contributed by atoms with van der Waals surface area (Å²) in [7, 11) is 0. The molecule has 21 heavy (non-hydrogen) atoms. The number of nitrogens with two attached hydrogens (primary N) is 2. The molecule has 0 saturated heterocycles. The molecule has 5 heteroatoms. The number of aromatic nitrogens is 2. The van der Waals surface area contributed by atoms with Crippen LogP contribution in [0.2, 0.25) is 0 Å². The van der Waals surface area contributed by atoms with Gasteiger partial charge in [0.25, 0.3) is 0 Å². The lowest BCUT2D eigenvalue weighted by Crippen LogP contribution is -2.00. The average molecular weight is 282 g/mol. The first-order valence-corrected chi connectivity index (χ1v) is 6.77. The maximum absolute atomic E-state index is 5.85. The Morgan fingerprint density at radius 2 is 1.67 bits per heavy atom. The van der Waals surface area contributed by atoms with E-state index in [1.54, 1.807) is 18.5 Å². The molecule has 0 saturated carbocycles. The van der Waals surface area contributed by atoms with E-state index in [1.807, 2.05) is 44.2 Å². The highest BCUT2D eigenvalue weighted by molar-refractivity contribution is 5.85. The molecule has 0 aliphatic rings.